The third-order valence-corrected chi connectivity index (χ3v) is 5.48. The lowest BCUT2D eigenvalue weighted by Crippen LogP contribution is -2.27. The van der Waals surface area contributed by atoms with Gasteiger partial charge < -0.3 is 15.0 Å². The number of aromatic amines is 1. The molecule has 0 saturated heterocycles. The molecular weight excluding hydrogens is 372 g/mol. The molecule has 0 spiro atoms. The van der Waals surface area contributed by atoms with Crippen LogP contribution in [0, 0.1) is 0 Å². The van der Waals surface area contributed by atoms with Gasteiger partial charge in [-0.1, -0.05) is 60.7 Å². The summed E-state index contributed by atoms with van der Waals surface area (Å²) in [7, 11) is 1.66. The zero-order chi connectivity index (χ0) is 20.8. The Morgan fingerprint density at radius 1 is 0.967 bits per heavy atom. The van der Waals surface area contributed by atoms with Crippen molar-refractivity contribution >= 4 is 16.8 Å². The number of ether oxygens (including phenoxy) is 1. The fourth-order valence-electron chi connectivity index (χ4n) is 3.87. The summed E-state index contributed by atoms with van der Waals surface area (Å²) in [4.78, 5) is 16.2. The number of hydrogen-bond acceptors (Lipinski definition) is 2. The lowest BCUT2D eigenvalue weighted by molar-refractivity contribution is -0.121. The van der Waals surface area contributed by atoms with E-state index in [0.29, 0.717) is 13.0 Å². The summed E-state index contributed by atoms with van der Waals surface area (Å²) in [5.74, 6) is 0.824. The molecule has 3 aromatic carbocycles. The van der Waals surface area contributed by atoms with Crippen molar-refractivity contribution in [1.29, 1.82) is 0 Å². The predicted molar refractivity (Wildman–Crippen MR) is 121 cm³/mol. The van der Waals surface area contributed by atoms with Gasteiger partial charge in [-0.25, -0.2) is 0 Å². The van der Waals surface area contributed by atoms with Gasteiger partial charge in [0.15, 0.2) is 0 Å². The molecule has 4 rings (SSSR count). The van der Waals surface area contributed by atoms with Crippen LogP contribution in [-0.2, 0) is 11.2 Å². The minimum Gasteiger partial charge on any atom is -0.497 e. The van der Waals surface area contributed by atoms with Crippen molar-refractivity contribution in [3.05, 3.63) is 102 Å². The lowest BCUT2D eigenvalue weighted by Gasteiger charge is -2.18. The lowest BCUT2D eigenvalue weighted by atomic mass is 9.88. The van der Waals surface area contributed by atoms with Crippen molar-refractivity contribution in [3.63, 3.8) is 0 Å². The number of aromatic nitrogens is 1. The van der Waals surface area contributed by atoms with E-state index in [1.165, 1.54) is 5.56 Å². The molecule has 0 radical (unpaired) electrons. The van der Waals surface area contributed by atoms with Crippen LogP contribution in [-0.4, -0.2) is 24.5 Å². The van der Waals surface area contributed by atoms with Crippen molar-refractivity contribution in [2.75, 3.05) is 13.7 Å². The summed E-state index contributed by atoms with van der Waals surface area (Å²) in [6.45, 7) is 0.631. The molecule has 2 N–H and O–H groups in total. The molecule has 4 heteroatoms. The van der Waals surface area contributed by atoms with Crippen LogP contribution in [0.2, 0.25) is 0 Å². The Balaban J connectivity index is 1.53. The number of hydrogen-bond donors (Lipinski definition) is 2. The Morgan fingerprint density at radius 3 is 2.47 bits per heavy atom. The molecule has 1 amide bonds. The number of nitrogens with one attached hydrogen (secondary N) is 2. The van der Waals surface area contributed by atoms with Gasteiger partial charge in [0, 0.05) is 36.0 Å². The van der Waals surface area contributed by atoms with Crippen molar-refractivity contribution in [2.24, 2.45) is 0 Å². The van der Waals surface area contributed by atoms with Crippen LogP contribution in [0.25, 0.3) is 10.9 Å². The van der Waals surface area contributed by atoms with E-state index in [0.717, 1.165) is 34.2 Å². The number of rotatable bonds is 8. The van der Waals surface area contributed by atoms with Crippen LogP contribution in [0.3, 0.4) is 0 Å². The van der Waals surface area contributed by atoms with E-state index in [4.69, 9.17) is 4.74 Å². The fourth-order valence-corrected chi connectivity index (χ4v) is 3.87. The fraction of sp³-hybridized carbons (Fsp3) is 0.192. The second-order valence-corrected chi connectivity index (χ2v) is 7.41. The first-order valence-corrected chi connectivity index (χ1v) is 10.2. The van der Waals surface area contributed by atoms with E-state index >= 15 is 0 Å². The molecule has 1 aromatic heterocycles. The molecule has 1 heterocycles. The topological polar surface area (TPSA) is 54.1 Å². The van der Waals surface area contributed by atoms with Crippen LogP contribution in [0.5, 0.6) is 5.75 Å². The number of carbonyl (C=O) groups is 1. The van der Waals surface area contributed by atoms with Crippen LogP contribution < -0.4 is 10.1 Å². The Hall–Kier alpha value is -3.53. The van der Waals surface area contributed by atoms with Crippen molar-refractivity contribution in [2.45, 2.75) is 18.8 Å². The normalized spacial score (nSPS) is 11.9. The van der Waals surface area contributed by atoms with Crippen LogP contribution in [0.1, 0.15) is 29.0 Å². The first kappa shape index (κ1) is 19.8. The second-order valence-electron chi connectivity index (χ2n) is 7.41. The molecule has 30 heavy (non-hydrogen) atoms. The molecule has 0 saturated carbocycles. The molecule has 152 valence electrons. The van der Waals surface area contributed by atoms with Gasteiger partial charge in [0.05, 0.1) is 7.11 Å². The summed E-state index contributed by atoms with van der Waals surface area (Å²) in [5, 5.41) is 4.24. The quantitative estimate of drug-likeness (QED) is 0.436. The zero-order valence-electron chi connectivity index (χ0n) is 17.1. The van der Waals surface area contributed by atoms with Gasteiger partial charge in [0.25, 0.3) is 0 Å². The summed E-state index contributed by atoms with van der Waals surface area (Å²) in [6, 6.07) is 26.4. The molecule has 4 aromatic rings. The number of para-hydroxylation sites is 1. The smallest absolute Gasteiger partial charge is 0.220 e. The zero-order valence-corrected chi connectivity index (χ0v) is 17.1. The molecule has 0 aliphatic heterocycles. The minimum absolute atomic E-state index is 0.0382. The number of benzene rings is 3. The maximum absolute atomic E-state index is 12.8. The summed E-state index contributed by atoms with van der Waals surface area (Å²) in [6.07, 6.45) is 3.24. The van der Waals surface area contributed by atoms with Gasteiger partial charge in [-0.15, -0.1) is 0 Å². The number of methoxy groups -OCH3 is 1. The van der Waals surface area contributed by atoms with Crippen LogP contribution in [0.4, 0.5) is 0 Å². The van der Waals surface area contributed by atoms with Gasteiger partial charge in [0.2, 0.25) is 5.91 Å². The molecule has 0 aliphatic carbocycles. The number of fused-ring (bicyclic) bond motifs is 1. The molecule has 1 unspecified atom stereocenters. The molecule has 0 fully saturated rings. The first-order chi connectivity index (χ1) is 14.7. The third kappa shape index (κ3) is 4.54. The van der Waals surface area contributed by atoms with E-state index < -0.39 is 0 Å². The standard InChI is InChI=1S/C26H26N2O2/c1-30-21-13-11-20(12-14-21)23(24-18-28-25-10-6-5-9-22(24)25)17-26(29)27-16-15-19-7-3-2-4-8-19/h2-14,18,23,28H,15-17H2,1H3,(H,27,29). The van der Waals surface area contributed by atoms with Crippen LogP contribution >= 0.6 is 0 Å². The maximum atomic E-state index is 12.8. The first-order valence-electron chi connectivity index (χ1n) is 10.2. The van der Waals surface area contributed by atoms with Gasteiger partial charge in [-0.05, 0) is 41.3 Å². The Morgan fingerprint density at radius 2 is 1.70 bits per heavy atom. The Kier molecular flexibility index (Phi) is 6.14. The number of H-pyrrole nitrogens is 1. The summed E-state index contributed by atoms with van der Waals surface area (Å²) in [5.41, 5.74) is 4.53. The minimum atomic E-state index is -0.0382. The average Bonchev–Trinajstić information content (AvgIpc) is 3.22. The van der Waals surface area contributed by atoms with Gasteiger partial charge in [-0.2, -0.15) is 0 Å². The number of carbonyl (C=O) groups excluding carboxylic acids is 1. The highest BCUT2D eigenvalue weighted by Gasteiger charge is 2.21. The highest BCUT2D eigenvalue weighted by atomic mass is 16.5. The van der Waals surface area contributed by atoms with E-state index in [1.807, 2.05) is 60.8 Å². The van der Waals surface area contributed by atoms with Gasteiger partial charge in [-0.3, -0.25) is 4.79 Å². The summed E-state index contributed by atoms with van der Waals surface area (Å²) >= 11 is 0. The van der Waals surface area contributed by atoms with Gasteiger partial charge >= 0.3 is 0 Å². The summed E-state index contributed by atoms with van der Waals surface area (Å²) < 4.78 is 5.30. The monoisotopic (exact) mass is 398 g/mol. The maximum Gasteiger partial charge on any atom is 0.220 e. The second kappa shape index (κ2) is 9.31. The van der Waals surface area contributed by atoms with E-state index in [-0.39, 0.29) is 11.8 Å². The molecule has 4 nitrogen and oxygen atoms in total. The average molecular weight is 399 g/mol. The molecule has 0 aliphatic rings. The van der Waals surface area contributed by atoms with Gasteiger partial charge in [0.1, 0.15) is 5.75 Å². The molecule has 1 atom stereocenters. The van der Waals surface area contributed by atoms with E-state index in [1.54, 1.807) is 7.11 Å². The van der Waals surface area contributed by atoms with Crippen LogP contribution in [0.15, 0.2) is 85.1 Å². The van der Waals surface area contributed by atoms with E-state index in [2.05, 4.69) is 34.6 Å². The van der Waals surface area contributed by atoms with Crippen molar-refractivity contribution in [3.8, 4) is 5.75 Å². The van der Waals surface area contributed by atoms with Crippen molar-refractivity contribution in [1.82, 2.24) is 10.3 Å². The van der Waals surface area contributed by atoms with Crippen molar-refractivity contribution < 1.29 is 9.53 Å². The number of amides is 1. The largest absolute Gasteiger partial charge is 0.497 e. The predicted octanol–water partition coefficient (Wildman–Crippen LogP) is 5.06. The highest BCUT2D eigenvalue weighted by Crippen LogP contribution is 2.34. The van der Waals surface area contributed by atoms with E-state index in [9.17, 15) is 4.79 Å². The Labute approximate surface area is 176 Å². The third-order valence-electron chi connectivity index (χ3n) is 5.48. The Bertz CT molecular complexity index is 1100. The molecule has 0 bridgehead atoms. The highest BCUT2D eigenvalue weighted by molar-refractivity contribution is 5.86. The SMILES string of the molecule is COc1ccc(C(CC(=O)NCCc2ccccc2)c2c[nH]c3ccccc23)cc1. The molecular formula is C26H26N2O2.